The molecule has 15 heavy (non-hydrogen) atoms. The second-order valence-corrected chi connectivity index (χ2v) is 4.45. The van der Waals surface area contributed by atoms with Crippen LogP contribution in [0.1, 0.15) is 25.7 Å². The van der Waals surface area contributed by atoms with Crippen molar-refractivity contribution in [2.24, 2.45) is 5.92 Å². The van der Waals surface area contributed by atoms with E-state index in [4.69, 9.17) is 4.74 Å². The van der Waals surface area contributed by atoms with Gasteiger partial charge in [-0.2, -0.15) is 0 Å². The first-order valence-electron chi connectivity index (χ1n) is 5.78. The Hall–Kier alpha value is -0.160. The van der Waals surface area contributed by atoms with Crippen LogP contribution in [0.2, 0.25) is 0 Å². The van der Waals surface area contributed by atoms with Crippen molar-refractivity contribution < 1.29 is 14.9 Å². The van der Waals surface area contributed by atoms with Crippen molar-refractivity contribution in [1.29, 1.82) is 0 Å². The highest BCUT2D eigenvalue weighted by Crippen LogP contribution is 2.23. The van der Waals surface area contributed by atoms with Crippen LogP contribution < -0.4 is 5.32 Å². The Morgan fingerprint density at radius 3 is 2.93 bits per heavy atom. The molecule has 0 saturated heterocycles. The Morgan fingerprint density at radius 2 is 2.27 bits per heavy atom. The smallest absolute Gasteiger partial charge is 0.0897 e. The fraction of sp³-hybridized carbons (Fsp3) is 1.00. The summed E-state index contributed by atoms with van der Waals surface area (Å²) < 4.78 is 4.83. The Bertz CT molecular complexity index is 166. The second kappa shape index (κ2) is 7.17. The van der Waals surface area contributed by atoms with Gasteiger partial charge in [0, 0.05) is 13.7 Å². The van der Waals surface area contributed by atoms with Crippen LogP contribution in [0.4, 0.5) is 0 Å². The molecule has 90 valence electrons. The molecule has 3 atom stereocenters. The highest BCUT2D eigenvalue weighted by molar-refractivity contribution is 4.74. The monoisotopic (exact) mass is 217 g/mol. The Kier molecular flexibility index (Phi) is 6.17. The fourth-order valence-corrected chi connectivity index (χ4v) is 2.15. The van der Waals surface area contributed by atoms with Crippen molar-refractivity contribution in [3.05, 3.63) is 0 Å². The number of aliphatic hydroxyl groups excluding tert-OH is 2. The van der Waals surface area contributed by atoms with Crippen LogP contribution in [-0.4, -0.2) is 49.2 Å². The third kappa shape index (κ3) is 5.47. The number of nitrogens with one attached hydrogen (secondary N) is 1. The topological polar surface area (TPSA) is 61.7 Å². The third-order valence-corrected chi connectivity index (χ3v) is 2.93. The second-order valence-electron chi connectivity index (χ2n) is 4.45. The van der Waals surface area contributed by atoms with Gasteiger partial charge in [-0.1, -0.05) is 6.42 Å². The summed E-state index contributed by atoms with van der Waals surface area (Å²) in [4.78, 5) is 0. The molecular weight excluding hydrogens is 194 g/mol. The lowest BCUT2D eigenvalue weighted by Gasteiger charge is -2.26. The maximum absolute atomic E-state index is 9.48. The van der Waals surface area contributed by atoms with Gasteiger partial charge in [0.05, 0.1) is 18.8 Å². The van der Waals surface area contributed by atoms with Crippen LogP contribution in [0.3, 0.4) is 0 Å². The lowest BCUT2D eigenvalue weighted by Crippen LogP contribution is -2.35. The average molecular weight is 217 g/mol. The predicted octanol–water partition coefficient (Wildman–Crippen LogP) is 0.134. The van der Waals surface area contributed by atoms with Gasteiger partial charge in [-0.25, -0.2) is 0 Å². The van der Waals surface area contributed by atoms with E-state index >= 15 is 0 Å². The zero-order chi connectivity index (χ0) is 11.1. The Balaban J connectivity index is 2.03. The van der Waals surface area contributed by atoms with Crippen molar-refractivity contribution in [3.8, 4) is 0 Å². The van der Waals surface area contributed by atoms with Gasteiger partial charge in [0.15, 0.2) is 0 Å². The van der Waals surface area contributed by atoms with Gasteiger partial charge in [0.2, 0.25) is 0 Å². The first kappa shape index (κ1) is 12.9. The lowest BCUT2D eigenvalue weighted by atomic mass is 9.87. The minimum absolute atomic E-state index is 0.116. The average Bonchev–Trinajstić information content (AvgIpc) is 2.18. The van der Waals surface area contributed by atoms with Gasteiger partial charge in [-0.3, -0.25) is 0 Å². The SMILES string of the molecule is COCC(O)CNCC1CCCC(O)C1. The molecule has 0 amide bonds. The molecule has 1 aliphatic rings. The summed E-state index contributed by atoms with van der Waals surface area (Å²) in [5.41, 5.74) is 0. The van der Waals surface area contributed by atoms with Crippen molar-refractivity contribution in [3.63, 3.8) is 0 Å². The molecule has 0 aromatic rings. The summed E-state index contributed by atoms with van der Waals surface area (Å²) in [6, 6.07) is 0. The highest BCUT2D eigenvalue weighted by Gasteiger charge is 2.19. The molecule has 0 radical (unpaired) electrons. The summed E-state index contributed by atoms with van der Waals surface area (Å²) in [6.07, 6.45) is 3.60. The quantitative estimate of drug-likeness (QED) is 0.592. The molecule has 0 aromatic carbocycles. The molecular formula is C11H23NO3. The van der Waals surface area contributed by atoms with Crippen LogP contribution in [0.25, 0.3) is 0 Å². The zero-order valence-electron chi connectivity index (χ0n) is 9.48. The van der Waals surface area contributed by atoms with E-state index in [9.17, 15) is 10.2 Å². The van der Waals surface area contributed by atoms with Crippen LogP contribution in [0.5, 0.6) is 0 Å². The van der Waals surface area contributed by atoms with Crippen LogP contribution in [-0.2, 0) is 4.74 Å². The molecule has 0 aromatic heterocycles. The normalized spacial score (nSPS) is 29.0. The standard InChI is InChI=1S/C11H23NO3/c1-15-8-11(14)7-12-6-9-3-2-4-10(13)5-9/h9-14H,2-8H2,1H3. The van der Waals surface area contributed by atoms with Gasteiger partial charge in [-0.05, 0) is 31.7 Å². The van der Waals surface area contributed by atoms with Crippen LogP contribution in [0.15, 0.2) is 0 Å². The minimum atomic E-state index is -0.427. The highest BCUT2D eigenvalue weighted by atomic mass is 16.5. The summed E-state index contributed by atoms with van der Waals surface area (Å²) in [5, 5.41) is 22.1. The first-order chi connectivity index (χ1) is 7.22. The molecule has 0 bridgehead atoms. The Morgan fingerprint density at radius 1 is 1.47 bits per heavy atom. The zero-order valence-corrected chi connectivity index (χ0v) is 9.48. The maximum atomic E-state index is 9.48. The molecule has 0 aliphatic heterocycles. The summed E-state index contributed by atoms with van der Waals surface area (Å²) in [7, 11) is 1.58. The summed E-state index contributed by atoms with van der Waals surface area (Å²) >= 11 is 0. The van der Waals surface area contributed by atoms with Gasteiger partial charge >= 0.3 is 0 Å². The molecule has 1 rings (SSSR count). The fourth-order valence-electron chi connectivity index (χ4n) is 2.15. The maximum Gasteiger partial charge on any atom is 0.0897 e. The number of methoxy groups -OCH3 is 1. The molecule has 1 fully saturated rings. The van der Waals surface area contributed by atoms with Crippen LogP contribution >= 0.6 is 0 Å². The summed E-state index contributed by atoms with van der Waals surface area (Å²) in [5.74, 6) is 0.559. The van der Waals surface area contributed by atoms with E-state index < -0.39 is 6.10 Å². The lowest BCUT2D eigenvalue weighted by molar-refractivity contribution is 0.0614. The largest absolute Gasteiger partial charge is 0.393 e. The van der Waals surface area contributed by atoms with Gasteiger partial charge in [-0.15, -0.1) is 0 Å². The first-order valence-corrected chi connectivity index (χ1v) is 5.78. The molecule has 4 nitrogen and oxygen atoms in total. The molecule has 1 aliphatic carbocycles. The van der Waals surface area contributed by atoms with Crippen molar-refractivity contribution in [2.45, 2.75) is 37.9 Å². The molecule has 4 heteroatoms. The molecule has 1 saturated carbocycles. The number of hydrogen-bond acceptors (Lipinski definition) is 4. The van der Waals surface area contributed by atoms with E-state index in [-0.39, 0.29) is 6.10 Å². The van der Waals surface area contributed by atoms with Crippen molar-refractivity contribution in [2.75, 3.05) is 26.8 Å². The number of hydrogen-bond donors (Lipinski definition) is 3. The molecule has 3 unspecified atom stereocenters. The molecule has 0 spiro atoms. The van der Waals surface area contributed by atoms with Gasteiger partial charge in [0.1, 0.15) is 0 Å². The predicted molar refractivity (Wildman–Crippen MR) is 58.7 cm³/mol. The van der Waals surface area contributed by atoms with E-state index in [1.165, 1.54) is 6.42 Å². The van der Waals surface area contributed by atoms with Gasteiger partial charge in [0.25, 0.3) is 0 Å². The molecule has 3 N–H and O–H groups in total. The third-order valence-electron chi connectivity index (χ3n) is 2.93. The number of rotatable bonds is 6. The van der Waals surface area contributed by atoms with E-state index in [2.05, 4.69) is 5.32 Å². The van der Waals surface area contributed by atoms with E-state index in [0.29, 0.717) is 19.1 Å². The molecule has 0 heterocycles. The van der Waals surface area contributed by atoms with Crippen LogP contribution in [0, 0.1) is 5.92 Å². The van der Waals surface area contributed by atoms with Crippen molar-refractivity contribution >= 4 is 0 Å². The van der Waals surface area contributed by atoms with E-state index in [0.717, 1.165) is 25.8 Å². The van der Waals surface area contributed by atoms with Gasteiger partial charge < -0.3 is 20.3 Å². The van der Waals surface area contributed by atoms with E-state index in [1.807, 2.05) is 0 Å². The minimum Gasteiger partial charge on any atom is -0.393 e. The van der Waals surface area contributed by atoms with Crippen molar-refractivity contribution in [1.82, 2.24) is 5.32 Å². The summed E-state index contributed by atoms with van der Waals surface area (Å²) in [6.45, 7) is 1.83. The number of ether oxygens (including phenoxy) is 1. The number of aliphatic hydroxyl groups is 2. The Labute approximate surface area is 91.6 Å². The van der Waals surface area contributed by atoms with E-state index in [1.54, 1.807) is 7.11 Å².